The van der Waals surface area contributed by atoms with Crippen LogP contribution >= 0.6 is 11.3 Å². The quantitative estimate of drug-likeness (QED) is 0.521. The molecular weight excluding hydrogens is 430 g/mol. The summed E-state index contributed by atoms with van der Waals surface area (Å²) in [5.74, 6) is 0. The summed E-state index contributed by atoms with van der Waals surface area (Å²) in [5, 5.41) is 1.75. The molecule has 0 N–H and O–H groups in total. The summed E-state index contributed by atoms with van der Waals surface area (Å²) in [5.41, 5.74) is -5.67. The van der Waals surface area contributed by atoms with Crippen molar-refractivity contribution in [1.82, 2.24) is 9.88 Å². The lowest BCUT2D eigenvalue weighted by Gasteiger charge is -2.49. The summed E-state index contributed by atoms with van der Waals surface area (Å²) >= 11 is 1.32. The number of hydrogen-bond donors (Lipinski definition) is 0. The van der Waals surface area contributed by atoms with E-state index in [4.69, 9.17) is 0 Å². The first-order valence-electron chi connectivity index (χ1n) is 9.37. The number of methoxy groups -OCH3 is 1. The van der Waals surface area contributed by atoms with Crippen molar-refractivity contribution in [1.29, 1.82) is 0 Å². The van der Waals surface area contributed by atoms with E-state index >= 15 is 0 Å². The number of nitrogens with zero attached hydrogens (tertiary/aromatic N) is 2. The smallest absolute Gasteiger partial charge is 0.361 e. The van der Waals surface area contributed by atoms with Crippen molar-refractivity contribution in [3.63, 3.8) is 0 Å². The highest BCUT2D eigenvalue weighted by Gasteiger charge is 2.80. The SMILES string of the molecule is COC(C(F)(F)F)(C(F)(F)F)C1(CCc2cccs2)CCN(Cc2cccnc2)C1. The van der Waals surface area contributed by atoms with E-state index in [1.807, 2.05) is 0 Å². The Bertz CT molecular complexity index is 795. The molecule has 3 rings (SSSR count). The molecule has 0 bridgehead atoms. The lowest BCUT2D eigenvalue weighted by molar-refractivity contribution is -0.409. The van der Waals surface area contributed by atoms with Crippen LogP contribution < -0.4 is 0 Å². The first-order valence-corrected chi connectivity index (χ1v) is 10.2. The molecule has 0 amide bonds. The van der Waals surface area contributed by atoms with Crippen molar-refractivity contribution in [3.05, 3.63) is 52.5 Å². The van der Waals surface area contributed by atoms with Crippen LogP contribution in [0, 0.1) is 5.41 Å². The van der Waals surface area contributed by atoms with Gasteiger partial charge in [0.25, 0.3) is 5.60 Å². The molecule has 0 spiro atoms. The van der Waals surface area contributed by atoms with Gasteiger partial charge in [0.1, 0.15) is 0 Å². The highest BCUT2D eigenvalue weighted by Crippen LogP contribution is 2.60. The number of pyridine rings is 1. The van der Waals surface area contributed by atoms with Gasteiger partial charge in [-0.15, -0.1) is 11.3 Å². The number of alkyl halides is 6. The second-order valence-electron chi connectivity index (χ2n) is 7.56. The molecule has 1 atom stereocenters. The van der Waals surface area contributed by atoms with E-state index in [1.54, 1.807) is 46.9 Å². The minimum atomic E-state index is -5.61. The van der Waals surface area contributed by atoms with E-state index < -0.39 is 23.4 Å². The monoisotopic (exact) mass is 452 g/mol. The van der Waals surface area contributed by atoms with Crippen molar-refractivity contribution < 1.29 is 31.1 Å². The zero-order valence-corrected chi connectivity index (χ0v) is 17.1. The molecule has 30 heavy (non-hydrogen) atoms. The van der Waals surface area contributed by atoms with Crippen molar-refractivity contribution >= 4 is 11.3 Å². The molecule has 0 aromatic carbocycles. The second kappa shape index (κ2) is 8.47. The Morgan fingerprint density at radius 1 is 1.13 bits per heavy atom. The molecule has 10 heteroatoms. The number of ether oxygens (including phenoxy) is 1. The first kappa shape index (κ1) is 23.0. The molecule has 1 aliphatic heterocycles. The predicted octanol–water partition coefficient (Wildman–Crippen LogP) is 5.48. The molecule has 1 unspecified atom stereocenters. The van der Waals surface area contributed by atoms with Crippen LogP contribution in [0.4, 0.5) is 26.3 Å². The third-order valence-electron chi connectivity index (χ3n) is 5.84. The Morgan fingerprint density at radius 3 is 2.40 bits per heavy atom. The standard InChI is InChI=1S/C20H22F6N2OS/c1-29-18(19(21,22)23,20(24,25)26)17(7-6-16-5-3-11-30-16)8-10-28(14-17)13-15-4-2-9-27-12-15/h2-5,9,11-12H,6-8,10,13-14H2,1H3. The molecule has 1 saturated heterocycles. The zero-order valence-electron chi connectivity index (χ0n) is 16.3. The summed E-state index contributed by atoms with van der Waals surface area (Å²) < 4.78 is 89.1. The Morgan fingerprint density at radius 2 is 1.87 bits per heavy atom. The number of hydrogen-bond acceptors (Lipinski definition) is 4. The number of likely N-dealkylation sites (tertiary alicyclic amines) is 1. The van der Waals surface area contributed by atoms with E-state index in [1.165, 1.54) is 11.3 Å². The van der Waals surface area contributed by atoms with Gasteiger partial charge in [-0.05, 0) is 48.9 Å². The summed E-state index contributed by atoms with van der Waals surface area (Å²) in [6.07, 6.45) is -8.55. The van der Waals surface area contributed by atoms with Gasteiger partial charge < -0.3 is 4.74 Å². The van der Waals surface area contributed by atoms with E-state index in [0.717, 1.165) is 10.4 Å². The lowest BCUT2D eigenvalue weighted by Crippen LogP contribution is -2.69. The van der Waals surface area contributed by atoms with Crippen molar-refractivity contribution in [2.45, 2.75) is 43.8 Å². The van der Waals surface area contributed by atoms with Crippen LogP contribution in [-0.4, -0.2) is 48.0 Å². The van der Waals surface area contributed by atoms with Crippen molar-refractivity contribution in [2.75, 3.05) is 20.2 Å². The van der Waals surface area contributed by atoms with Gasteiger partial charge in [0.2, 0.25) is 0 Å². The summed E-state index contributed by atoms with van der Waals surface area (Å²) in [4.78, 5) is 6.33. The summed E-state index contributed by atoms with van der Waals surface area (Å²) in [6.45, 7) is -0.0408. The molecule has 3 heterocycles. The molecule has 1 aliphatic rings. The highest BCUT2D eigenvalue weighted by molar-refractivity contribution is 7.09. The molecule has 2 aromatic heterocycles. The molecular formula is C20H22F6N2OS. The Hall–Kier alpha value is -1.65. The highest BCUT2D eigenvalue weighted by atomic mass is 32.1. The fourth-order valence-corrected chi connectivity index (χ4v) is 5.25. The maximum absolute atomic E-state index is 14.1. The zero-order chi connectivity index (χ0) is 22.0. The number of thiophene rings is 1. The molecule has 0 radical (unpaired) electrons. The van der Waals surface area contributed by atoms with Gasteiger partial charge in [0, 0.05) is 42.9 Å². The van der Waals surface area contributed by atoms with Gasteiger partial charge in [-0.3, -0.25) is 9.88 Å². The van der Waals surface area contributed by atoms with Gasteiger partial charge in [0.15, 0.2) is 0 Å². The van der Waals surface area contributed by atoms with Gasteiger partial charge in [-0.2, -0.15) is 26.3 Å². The maximum atomic E-state index is 14.1. The summed E-state index contributed by atoms with van der Waals surface area (Å²) in [7, 11) is 0.512. The van der Waals surface area contributed by atoms with Crippen LogP contribution in [0.3, 0.4) is 0 Å². The lowest BCUT2D eigenvalue weighted by atomic mass is 9.66. The number of aromatic nitrogens is 1. The van der Waals surface area contributed by atoms with Gasteiger partial charge in [-0.25, -0.2) is 0 Å². The normalized spacial score (nSPS) is 21.3. The number of aryl methyl sites for hydroxylation is 1. The van der Waals surface area contributed by atoms with E-state index in [2.05, 4.69) is 9.72 Å². The Labute approximate surface area is 174 Å². The third-order valence-corrected chi connectivity index (χ3v) is 6.78. The summed E-state index contributed by atoms with van der Waals surface area (Å²) in [6, 6.07) is 6.87. The van der Waals surface area contributed by atoms with E-state index in [9.17, 15) is 26.3 Å². The van der Waals surface area contributed by atoms with Crippen molar-refractivity contribution in [2.24, 2.45) is 5.41 Å². The van der Waals surface area contributed by atoms with E-state index in [-0.39, 0.29) is 38.9 Å². The van der Waals surface area contributed by atoms with Crippen LogP contribution in [0.25, 0.3) is 0 Å². The molecule has 1 fully saturated rings. The maximum Gasteiger partial charge on any atom is 0.427 e. The fourth-order valence-electron chi connectivity index (χ4n) is 4.54. The number of halogens is 6. The molecule has 2 aromatic rings. The second-order valence-corrected chi connectivity index (χ2v) is 8.59. The van der Waals surface area contributed by atoms with Crippen LogP contribution in [-0.2, 0) is 17.7 Å². The number of rotatable bonds is 7. The van der Waals surface area contributed by atoms with Crippen LogP contribution in [0.5, 0.6) is 0 Å². The molecule has 166 valence electrons. The van der Waals surface area contributed by atoms with Crippen LogP contribution in [0.15, 0.2) is 42.0 Å². The molecule has 0 aliphatic carbocycles. The van der Waals surface area contributed by atoms with Gasteiger partial charge >= 0.3 is 12.4 Å². The van der Waals surface area contributed by atoms with Crippen LogP contribution in [0.2, 0.25) is 0 Å². The van der Waals surface area contributed by atoms with Crippen LogP contribution in [0.1, 0.15) is 23.3 Å². The Kier molecular flexibility index (Phi) is 6.50. The first-order chi connectivity index (χ1) is 14.0. The molecule has 0 saturated carbocycles. The van der Waals surface area contributed by atoms with Crippen molar-refractivity contribution in [3.8, 4) is 0 Å². The molecule has 3 nitrogen and oxygen atoms in total. The van der Waals surface area contributed by atoms with Gasteiger partial charge in [0.05, 0.1) is 0 Å². The topological polar surface area (TPSA) is 25.4 Å². The fraction of sp³-hybridized carbons (Fsp3) is 0.550. The largest absolute Gasteiger partial charge is 0.427 e. The average molecular weight is 452 g/mol. The van der Waals surface area contributed by atoms with Gasteiger partial charge in [-0.1, -0.05) is 12.1 Å². The third kappa shape index (κ3) is 4.09. The predicted molar refractivity (Wildman–Crippen MR) is 101 cm³/mol. The minimum absolute atomic E-state index is 0.108. The average Bonchev–Trinajstić information content (AvgIpc) is 3.30. The Balaban J connectivity index is 1.99. The van der Waals surface area contributed by atoms with E-state index in [0.29, 0.717) is 7.11 Å². The minimum Gasteiger partial charge on any atom is -0.361 e.